The first-order valence-electron chi connectivity index (χ1n) is 4.76. The van der Waals surface area contributed by atoms with E-state index >= 15 is 0 Å². The van der Waals surface area contributed by atoms with Crippen LogP contribution in [-0.4, -0.2) is 19.1 Å². The van der Waals surface area contributed by atoms with Crippen LogP contribution in [0.5, 0.6) is 0 Å². The quantitative estimate of drug-likeness (QED) is 0.649. The molecule has 0 saturated heterocycles. The van der Waals surface area contributed by atoms with E-state index in [0.29, 0.717) is 12.8 Å². The largest absolute Gasteiger partial charge is 0.299 e. The average molecular weight is 188 g/mol. The maximum Gasteiger partial charge on any atom is 0.142 e. The molecule has 2 saturated carbocycles. The number of ketones is 1. The van der Waals surface area contributed by atoms with E-state index in [1.165, 1.54) is 0 Å². The highest BCUT2D eigenvalue weighted by Crippen LogP contribution is 2.64. The van der Waals surface area contributed by atoms with E-state index in [2.05, 4.69) is 0 Å². The van der Waals surface area contributed by atoms with Crippen LogP contribution in [0.15, 0.2) is 0 Å². The van der Waals surface area contributed by atoms with Crippen molar-refractivity contribution in [2.24, 2.45) is 16.7 Å². The van der Waals surface area contributed by atoms with Gasteiger partial charge in [-0.25, -0.2) is 4.39 Å². The van der Waals surface area contributed by atoms with Crippen LogP contribution in [0.4, 0.5) is 8.78 Å². The third-order valence-corrected chi connectivity index (χ3v) is 4.39. The molecule has 0 aromatic rings. The molecule has 2 fully saturated rings. The van der Waals surface area contributed by atoms with Crippen molar-refractivity contribution in [3.05, 3.63) is 0 Å². The molecule has 3 heteroatoms. The number of rotatable bonds is 2. The number of carbonyl (C=O) groups excluding carboxylic acids is 1. The Kier molecular flexibility index (Phi) is 1.76. The number of alkyl halides is 2. The van der Waals surface area contributed by atoms with E-state index < -0.39 is 24.2 Å². The zero-order chi connectivity index (χ0) is 9.69. The van der Waals surface area contributed by atoms with E-state index in [4.69, 9.17) is 0 Å². The molecular formula is C10H14F2O. The van der Waals surface area contributed by atoms with Crippen molar-refractivity contribution in [2.45, 2.75) is 26.2 Å². The number of carbonyl (C=O) groups is 1. The lowest BCUT2D eigenvalue weighted by atomic mass is 9.69. The van der Waals surface area contributed by atoms with Crippen molar-refractivity contribution in [2.75, 3.05) is 13.3 Å². The SMILES string of the molecule is CC1(CF)[C@@H]2CC[C@@]1(CF)C(=O)C2. The minimum Gasteiger partial charge on any atom is -0.299 e. The number of Topliss-reactive ketones (excluding diaryl/α,β-unsaturated/α-hetero) is 1. The van der Waals surface area contributed by atoms with Crippen LogP contribution in [0.2, 0.25) is 0 Å². The van der Waals surface area contributed by atoms with Crippen molar-refractivity contribution < 1.29 is 13.6 Å². The molecule has 0 spiro atoms. The smallest absolute Gasteiger partial charge is 0.142 e. The van der Waals surface area contributed by atoms with E-state index in [-0.39, 0.29) is 11.7 Å². The summed E-state index contributed by atoms with van der Waals surface area (Å²) < 4.78 is 25.8. The second-order valence-electron chi connectivity index (χ2n) is 4.63. The summed E-state index contributed by atoms with van der Waals surface area (Å²) in [5.41, 5.74) is -1.68. The molecule has 0 heterocycles. The van der Waals surface area contributed by atoms with Gasteiger partial charge in [-0.2, -0.15) is 0 Å². The molecule has 0 radical (unpaired) electrons. The summed E-state index contributed by atoms with van der Waals surface area (Å²) in [6.45, 7) is 0.491. The van der Waals surface area contributed by atoms with Crippen LogP contribution in [0.1, 0.15) is 26.2 Å². The molecule has 74 valence electrons. The van der Waals surface area contributed by atoms with Crippen LogP contribution >= 0.6 is 0 Å². The molecule has 0 aromatic heterocycles. The second-order valence-corrected chi connectivity index (χ2v) is 4.63. The second kappa shape index (κ2) is 2.52. The summed E-state index contributed by atoms with van der Waals surface area (Å²) in [7, 11) is 0. The molecule has 0 N–H and O–H groups in total. The molecule has 13 heavy (non-hydrogen) atoms. The first kappa shape index (κ1) is 9.10. The summed E-state index contributed by atoms with van der Waals surface area (Å²) in [5.74, 6) is 0.0344. The predicted molar refractivity (Wildman–Crippen MR) is 44.8 cm³/mol. The lowest BCUT2D eigenvalue weighted by Gasteiger charge is -2.34. The molecule has 0 aliphatic heterocycles. The van der Waals surface area contributed by atoms with Crippen molar-refractivity contribution in [1.29, 1.82) is 0 Å². The van der Waals surface area contributed by atoms with Gasteiger partial charge < -0.3 is 0 Å². The van der Waals surface area contributed by atoms with E-state index in [9.17, 15) is 13.6 Å². The Balaban J connectivity index is 2.45. The Morgan fingerprint density at radius 3 is 2.54 bits per heavy atom. The van der Waals surface area contributed by atoms with Gasteiger partial charge in [-0.15, -0.1) is 0 Å². The lowest BCUT2D eigenvalue weighted by Crippen LogP contribution is -2.41. The third-order valence-electron chi connectivity index (χ3n) is 4.39. The van der Waals surface area contributed by atoms with Gasteiger partial charge in [0.1, 0.15) is 12.5 Å². The maximum atomic E-state index is 12.9. The number of hydrogen-bond donors (Lipinski definition) is 0. The maximum absolute atomic E-state index is 12.9. The minimum absolute atomic E-state index is 0.0496. The molecule has 3 atom stereocenters. The number of halogens is 2. The van der Waals surface area contributed by atoms with Gasteiger partial charge >= 0.3 is 0 Å². The fraction of sp³-hybridized carbons (Fsp3) is 0.900. The Hall–Kier alpha value is -0.470. The Morgan fingerprint density at radius 2 is 2.15 bits per heavy atom. The van der Waals surface area contributed by atoms with Crippen molar-refractivity contribution in [3.63, 3.8) is 0 Å². The topological polar surface area (TPSA) is 17.1 Å². The van der Waals surface area contributed by atoms with Gasteiger partial charge in [0.05, 0.1) is 12.1 Å². The summed E-state index contributed by atoms with van der Waals surface area (Å²) in [5, 5.41) is 0. The van der Waals surface area contributed by atoms with Crippen molar-refractivity contribution in [3.8, 4) is 0 Å². The summed E-state index contributed by atoms with van der Waals surface area (Å²) in [6.07, 6.45) is 1.76. The van der Waals surface area contributed by atoms with Gasteiger partial charge in [0.25, 0.3) is 0 Å². The Bertz CT molecular complexity index is 253. The number of fused-ring (bicyclic) bond motifs is 2. The van der Waals surface area contributed by atoms with Crippen LogP contribution in [0, 0.1) is 16.7 Å². The van der Waals surface area contributed by atoms with E-state index in [1.54, 1.807) is 6.92 Å². The lowest BCUT2D eigenvalue weighted by molar-refractivity contribution is -0.131. The van der Waals surface area contributed by atoms with Crippen molar-refractivity contribution in [1.82, 2.24) is 0 Å². The molecule has 2 aliphatic carbocycles. The molecule has 0 amide bonds. The van der Waals surface area contributed by atoms with E-state index in [1.807, 2.05) is 0 Å². The van der Waals surface area contributed by atoms with Crippen LogP contribution < -0.4 is 0 Å². The highest BCUT2D eigenvalue weighted by Gasteiger charge is 2.66. The zero-order valence-electron chi connectivity index (χ0n) is 7.78. The van der Waals surface area contributed by atoms with Gasteiger partial charge in [0, 0.05) is 11.8 Å². The van der Waals surface area contributed by atoms with Gasteiger partial charge in [-0.05, 0) is 18.8 Å². The normalized spacial score (nSPS) is 48.8. The predicted octanol–water partition coefficient (Wildman–Crippen LogP) is 2.30. The molecular weight excluding hydrogens is 174 g/mol. The van der Waals surface area contributed by atoms with Crippen LogP contribution in [0.3, 0.4) is 0 Å². The highest BCUT2D eigenvalue weighted by molar-refractivity contribution is 5.90. The zero-order valence-corrected chi connectivity index (χ0v) is 7.78. The fourth-order valence-corrected chi connectivity index (χ4v) is 3.15. The highest BCUT2D eigenvalue weighted by atomic mass is 19.1. The molecule has 0 aromatic carbocycles. The van der Waals surface area contributed by atoms with Crippen LogP contribution in [0.25, 0.3) is 0 Å². The molecule has 1 unspecified atom stereocenters. The Morgan fingerprint density at radius 1 is 1.46 bits per heavy atom. The average Bonchev–Trinajstić information content (AvgIpc) is 2.53. The minimum atomic E-state index is -0.966. The molecule has 2 rings (SSSR count). The van der Waals surface area contributed by atoms with Gasteiger partial charge in [-0.1, -0.05) is 6.92 Å². The van der Waals surface area contributed by atoms with Crippen LogP contribution in [-0.2, 0) is 4.79 Å². The molecule has 1 nitrogen and oxygen atoms in total. The third kappa shape index (κ3) is 0.785. The fourth-order valence-electron chi connectivity index (χ4n) is 3.15. The van der Waals surface area contributed by atoms with Gasteiger partial charge in [0.15, 0.2) is 0 Å². The number of hydrogen-bond acceptors (Lipinski definition) is 1. The standard InChI is InChI=1S/C10H14F2O/c1-9(5-11)7-2-3-10(9,6-12)8(13)4-7/h7H,2-6H2,1H3/t7-,9?,10-/m1/s1. The monoisotopic (exact) mass is 188 g/mol. The Labute approximate surface area is 76.5 Å². The summed E-state index contributed by atoms with van der Waals surface area (Å²) in [4.78, 5) is 11.6. The molecule has 2 aliphatic rings. The molecule has 2 bridgehead atoms. The first-order valence-corrected chi connectivity index (χ1v) is 4.76. The summed E-state index contributed by atoms with van der Waals surface area (Å²) >= 11 is 0. The summed E-state index contributed by atoms with van der Waals surface area (Å²) in [6, 6.07) is 0. The van der Waals surface area contributed by atoms with Gasteiger partial charge in [-0.3, -0.25) is 9.18 Å². The first-order chi connectivity index (χ1) is 6.10. The van der Waals surface area contributed by atoms with Gasteiger partial charge in [0.2, 0.25) is 0 Å². The van der Waals surface area contributed by atoms with E-state index in [0.717, 1.165) is 6.42 Å². The van der Waals surface area contributed by atoms with Crippen molar-refractivity contribution >= 4 is 5.78 Å².